The molecule has 1 N–H and O–H groups in total. The average molecular weight is 263 g/mol. The van der Waals surface area contributed by atoms with E-state index in [0.717, 1.165) is 12.1 Å². The fourth-order valence-corrected chi connectivity index (χ4v) is 2.01. The molecule has 2 aromatic rings. The predicted molar refractivity (Wildman–Crippen MR) is 66.0 cm³/mol. The van der Waals surface area contributed by atoms with E-state index in [2.05, 4.69) is 15.5 Å². The maximum absolute atomic E-state index is 13.8. The Morgan fingerprint density at radius 2 is 2.32 bits per heavy atom. The Kier molecular flexibility index (Phi) is 3.27. The van der Waals surface area contributed by atoms with Gasteiger partial charge in [0.2, 0.25) is 0 Å². The van der Waals surface area contributed by atoms with Gasteiger partial charge in [-0.25, -0.2) is 4.39 Å². The molecule has 100 valence electrons. The first-order valence-corrected chi connectivity index (χ1v) is 6.15. The lowest BCUT2D eigenvalue weighted by Gasteiger charge is -2.20. The third kappa shape index (κ3) is 2.50. The van der Waals surface area contributed by atoms with Gasteiger partial charge in [-0.3, -0.25) is 0 Å². The van der Waals surface area contributed by atoms with Crippen molar-refractivity contribution in [2.75, 3.05) is 19.8 Å². The molecule has 1 unspecified atom stereocenters. The minimum Gasteiger partial charge on any atom is -0.378 e. The van der Waals surface area contributed by atoms with Gasteiger partial charge < -0.3 is 14.6 Å². The number of halogens is 1. The highest BCUT2D eigenvalue weighted by molar-refractivity contribution is 5.54. The fourth-order valence-electron chi connectivity index (χ4n) is 2.01. The second kappa shape index (κ2) is 5.07. The third-order valence-electron chi connectivity index (χ3n) is 3.03. The Balaban J connectivity index is 1.87. The largest absolute Gasteiger partial charge is 0.378 e. The number of ether oxygens (including phenoxy) is 1. The summed E-state index contributed by atoms with van der Waals surface area (Å²) in [4.78, 5) is 4.23. The van der Waals surface area contributed by atoms with Crippen molar-refractivity contribution in [1.29, 1.82) is 0 Å². The number of aromatic nitrogens is 2. The van der Waals surface area contributed by atoms with Crippen LogP contribution in [0.1, 0.15) is 17.4 Å². The first kappa shape index (κ1) is 12.3. The molecule has 0 aliphatic carbocycles. The molecule has 0 bridgehead atoms. The lowest BCUT2D eigenvalue weighted by molar-refractivity contribution is 0.0734. The van der Waals surface area contributed by atoms with Gasteiger partial charge in [0.25, 0.3) is 5.89 Å². The summed E-state index contributed by atoms with van der Waals surface area (Å²) in [7, 11) is 0. The molecule has 19 heavy (non-hydrogen) atoms. The summed E-state index contributed by atoms with van der Waals surface area (Å²) in [6, 6.07) is 4.80. The number of morpholine rings is 1. The second-order valence-electron chi connectivity index (χ2n) is 4.52. The first-order valence-electron chi connectivity index (χ1n) is 6.15. The van der Waals surface area contributed by atoms with Crippen molar-refractivity contribution in [1.82, 2.24) is 15.5 Å². The van der Waals surface area contributed by atoms with Crippen LogP contribution >= 0.6 is 0 Å². The minimum absolute atomic E-state index is 0.0974. The molecule has 1 aliphatic rings. The Labute approximate surface area is 109 Å². The van der Waals surface area contributed by atoms with Gasteiger partial charge in [-0.05, 0) is 24.6 Å². The van der Waals surface area contributed by atoms with Gasteiger partial charge in [0.1, 0.15) is 5.82 Å². The van der Waals surface area contributed by atoms with E-state index in [1.807, 2.05) is 13.0 Å². The molecule has 1 aromatic heterocycles. The summed E-state index contributed by atoms with van der Waals surface area (Å²) >= 11 is 0. The molecule has 3 rings (SSSR count). The Morgan fingerprint density at radius 1 is 1.42 bits per heavy atom. The molecule has 1 fully saturated rings. The number of benzene rings is 1. The van der Waals surface area contributed by atoms with Gasteiger partial charge >= 0.3 is 0 Å². The molecule has 0 saturated carbocycles. The van der Waals surface area contributed by atoms with E-state index in [0.29, 0.717) is 24.6 Å². The second-order valence-corrected chi connectivity index (χ2v) is 4.52. The van der Waals surface area contributed by atoms with Gasteiger partial charge in [-0.15, -0.1) is 0 Å². The van der Waals surface area contributed by atoms with E-state index in [9.17, 15) is 4.39 Å². The van der Waals surface area contributed by atoms with Gasteiger partial charge in [0, 0.05) is 6.54 Å². The highest BCUT2D eigenvalue weighted by Gasteiger charge is 2.22. The zero-order chi connectivity index (χ0) is 13.2. The van der Waals surface area contributed by atoms with Crippen molar-refractivity contribution >= 4 is 0 Å². The highest BCUT2D eigenvalue weighted by atomic mass is 19.1. The predicted octanol–water partition coefficient (Wildman–Crippen LogP) is 1.85. The molecular weight excluding hydrogens is 249 g/mol. The van der Waals surface area contributed by atoms with E-state index < -0.39 is 0 Å². The van der Waals surface area contributed by atoms with E-state index >= 15 is 0 Å². The van der Waals surface area contributed by atoms with Crippen LogP contribution in [0.15, 0.2) is 22.7 Å². The molecule has 0 radical (unpaired) electrons. The van der Waals surface area contributed by atoms with E-state index in [1.54, 1.807) is 6.07 Å². The zero-order valence-corrected chi connectivity index (χ0v) is 10.5. The van der Waals surface area contributed by atoms with Crippen LogP contribution in [0, 0.1) is 12.7 Å². The molecule has 6 heteroatoms. The normalized spacial score (nSPS) is 19.6. The van der Waals surface area contributed by atoms with Crippen molar-refractivity contribution in [2.45, 2.75) is 13.0 Å². The quantitative estimate of drug-likeness (QED) is 0.896. The summed E-state index contributed by atoms with van der Waals surface area (Å²) in [6.07, 6.45) is 0. The summed E-state index contributed by atoms with van der Waals surface area (Å²) in [6.45, 7) is 3.74. The Morgan fingerprint density at radius 3 is 3.05 bits per heavy atom. The van der Waals surface area contributed by atoms with E-state index in [-0.39, 0.29) is 17.7 Å². The molecule has 1 saturated heterocycles. The zero-order valence-electron chi connectivity index (χ0n) is 10.5. The van der Waals surface area contributed by atoms with Gasteiger partial charge in [-0.1, -0.05) is 11.2 Å². The molecule has 2 heterocycles. The van der Waals surface area contributed by atoms with E-state index in [1.165, 1.54) is 6.07 Å². The topological polar surface area (TPSA) is 60.2 Å². The van der Waals surface area contributed by atoms with Crippen LogP contribution in [-0.2, 0) is 4.74 Å². The monoisotopic (exact) mass is 263 g/mol. The van der Waals surface area contributed by atoms with Crippen LogP contribution in [0.5, 0.6) is 0 Å². The van der Waals surface area contributed by atoms with Crippen molar-refractivity contribution in [3.05, 3.63) is 35.4 Å². The third-order valence-corrected chi connectivity index (χ3v) is 3.03. The smallest absolute Gasteiger partial charge is 0.260 e. The summed E-state index contributed by atoms with van der Waals surface area (Å²) < 4.78 is 24.3. The lowest BCUT2D eigenvalue weighted by atomic mass is 10.1. The summed E-state index contributed by atoms with van der Waals surface area (Å²) in [5.74, 6) is 0.331. The van der Waals surface area contributed by atoms with E-state index in [4.69, 9.17) is 9.26 Å². The van der Waals surface area contributed by atoms with Gasteiger partial charge in [0.15, 0.2) is 5.82 Å². The number of hydrogen-bond donors (Lipinski definition) is 1. The van der Waals surface area contributed by atoms with Crippen molar-refractivity contribution < 1.29 is 13.7 Å². The number of rotatable bonds is 2. The number of hydrogen-bond acceptors (Lipinski definition) is 5. The number of aryl methyl sites for hydroxylation is 1. The van der Waals surface area contributed by atoms with Gasteiger partial charge in [0.05, 0.1) is 24.8 Å². The molecule has 0 amide bonds. The summed E-state index contributed by atoms with van der Waals surface area (Å²) in [5.41, 5.74) is 1.17. The SMILES string of the molecule is Cc1ccc(-c2nc(C3COCCN3)no2)c(F)c1. The Bertz CT molecular complexity index is 579. The van der Waals surface area contributed by atoms with Crippen LogP contribution in [-0.4, -0.2) is 29.9 Å². The molecule has 1 atom stereocenters. The first-order chi connectivity index (χ1) is 9.24. The van der Waals surface area contributed by atoms with Crippen molar-refractivity contribution in [3.8, 4) is 11.5 Å². The minimum atomic E-state index is -0.358. The maximum atomic E-state index is 13.8. The number of nitrogens with one attached hydrogen (secondary N) is 1. The Hall–Kier alpha value is -1.79. The maximum Gasteiger partial charge on any atom is 0.260 e. The molecule has 1 aromatic carbocycles. The van der Waals surface area contributed by atoms with Crippen LogP contribution in [0.2, 0.25) is 0 Å². The molecule has 1 aliphatic heterocycles. The fraction of sp³-hybridized carbons (Fsp3) is 0.385. The number of nitrogens with zero attached hydrogens (tertiary/aromatic N) is 2. The van der Waals surface area contributed by atoms with Crippen LogP contribution < -0.4 is 5.32 Å². The van der Waals surface area contributed by atoms with Crippen LogP contribution in [0.25, 0.3) is 11.5 Å². The standard InChI is InChI=1S/C13H14FN3O2/c1-8-2-3-9(10(14)6-8)13-16-12(17-19-13)11-7-18-5-4-15-11/h2-3,6,11,15H,4-5,7H2,1H3. The average Bonchev–Trinajstić information content (AvgIpc) is 2.89. The molecule has 0 spiro atoms. The van der Waals surface area contributed by atoms with Crippen LogP contribution in [0.4, 0.5) is 4.39 Å². The van der Waals surface area contributed by atoms with Crippen LogP contribution in [0.3, 0.4) is 0 Å². The van der Waals surface area contributed by atoms with Gasteiger partial charge in [-0.2, -0.15) is 4.98 Å². The molecular formula is C13H14FN3O2. The lowest BCUT2D eigenvalue weighted by Crippen LogP contribution is -2.35. The van der Waals surface area contributed by atoms with Crippen molar-refractivity contribution in [3.63, 3.8) is 0 Å². The molecule has 5 nitrogen and oxygen atoms in total. The highest BCUT2D eigenvalue weighted by Crippen LogP contribution is 2.23. The van der Waals surface area contributed by atoms with Crippen molar-refractivity contribution in [2.24, 2.45) is 0 Å². The summed E-state index contributed by atoms with van der Waals surface area (Å²) in [5, 5.41) is 7.10.